The zero-order valence-electron chi connectivity index (χ0n) is 8.73. The van der Waals surface area contributed by atoms with E-state index in [4.69, 9.17) is 0 Å². The van der Waals surface area contributed by atoms with Crippen LogP contribution in [0.25, 0.3) is 0 Å². The first-order valence-corrected chi connectivity index (χ1v) is 4.84. The number of amides is 1. The molecule has 0 heterocycles. The average Bonchev–Trinajstić information content (AvgIpc) is 2.18. The Morgan fingerprint density at radius 1 is 1.67 bits per heavy atom. The summed E-state index contributed by atoms with van der Waals surface area (Å²) in [7, 11) is 0. The van der Waals surface area contributed by atoms with Gasteiger partial charge in [-0.05, 0) is 31.5 Å². The van der Waals surface area contributed by atoms with Gasteiger partial charge in [0.05, 0.1) is 0 Å². The topological polar surface area (TPSA) is 49.3 Å². The third kappa shape index (κ3) is 3.46. The van der Waals surface area contributed by atoms with Gasteiger partial charge < -0.3 is 10.4 Å². The van der Waals surface area contributed by atoms with Crippen molar-refractivity contribution in [2.45, 2.75) is 19.4 Å². The molecule has 1 aromatic carbocycles. The van der Waals surface area contributed by atoms with E-state index in [1.807, 2.05) is 6.92 Å². The van der Waals surface area contributed by atoms with E-state index in [2.05, 4.69) is 11.9 Å². The number of nitrogens with one attached hydrogen (secondary N) is 1. The summed E-state index contributed by atoms with van der Waals surface area (Å²) in [5, 5.41) is 12.0. The number of aromatic hydroxyl groups is 1. The van der Waals surface area contributed by atoms with Gasteiger partial charge in [-0.15, -0.1) is 6.58 Å². The number of rotatable bonds is 4. The highest BCUT2D eigenvalue weighted by Gasteiger charge is 2.08. The van der Waals surface area contributed by atoms with E-state index in [0.717, 1.165) is 6.42 Å². The molecule has 1 aromatic rings. The van der Waals surface area contributed by atoms with Gasteiger partial charge in [-0.25, -0.2) is 0 Å². The quantitative estimate of drug-likeness (QED) is 0.739. The molecule has 3 heteroatoms. The number of benzene rings is 1. The van der Waals surface area contributed by atoms with Crippen molar-refractivity contribution in [3.63, 3.8) is 0 Å². The van der Waals surface area contributed by atoms with Crippen LogP contribution in [0.3, 0.4) is 0 Å². The molecule has 2 N–H and O–H groups in total. The molecule has 80 valence electrons. The van der Waals surface area contributed by atoms with Gasteiger partial charge >= 0.3 is 0 Å². The molecule has 0 aliphatic heterocycles. The Morgan fingerprint density at radius 3 is 3.00 bits per heavy atom. The second-order valence-corrected chi connectivity index (χ2v) is 3.45. The predicted molar refractivity (Wildman–Crippen MR) is 59.8 cm³/mol. The van der Waals surface area contributed by atoms with Crippen molar-refractivity contribution in [1.82, 2.24) is 5.32 Å². The van der Waals surface area contributed by atoms with Gasteiger partial charge in [0.1, 0.15) is 5.75 Å². The van der Waals surface area contributed by atoms with Crippen molar-refractivity contribution >= 4 is 5.91 Å². The smallest absolute Gasteiger partial charge is 0.251 e. The second-order valence-electron chi connectivity index (χ2n) is 3.45. The van der Waals surface area contributed by atoms with Crippen LogP contribution in [0.5, 0.6) is 5.75 Å². The van der Waals surface area contributed by atoms with E-state index in [-0.39, 0.29) is 17.7 Å². The Labute approximate surface area is 89.4 Å². The summed E-state index contributed by atoms with van der Waals surface area (Å²) in [5.74, 6) is -0.0840. The first-order valence-electron chi connectivity index (χ1n) is 4.84. The van der Waals surface area contributed by atoms with E-state index in [1.165, 1.54) is 12.1 Å². The Morgan fingerprint density at radius 2 is 2.40 bits per heavy atom. The molecular weight excluding hydrogens is 190 g/mol. The van der Waals surface area contributed by atoms with E-state index in [0.29, 0.717) is 5.56 Å². The summed E-state index contributed by atoms with van der Waals surface area (Å²) >= 11 is 0. The minimum absolute atomic E-state index is 0.0531. The summed E-state index contributed by atoms with van der Waals surface area (Å²) in [6.45, 7) is 5.51. The molecule has 0 radical (unpaired) electrons. The van der Waals surface area contributed by atoms with E-state index < -0.39 is 0 Å². The van der Waals surface area contributed by atoms with Crippen molar-refractivity contribution in [3.05, 3.63) is 42.5 Å². The molecule has 1 rings (SSSR count). The third-order valence-corrected chi connectivity index (χ3v) is 2.01. The van der Waals surface area contributed by atoms with E-state index in [1.54, 1.807) is 18.2 Å². The maximum absolute atomic E-state index is 11.6. The van der Waals surface area contributed by atoms with Crippen LogP contribution in [0.4, 0.5) is 0 Å². The minimum Gasteiger partial charge on any atom is -0.508 e. The number of hydrogen-bond acceptors (Lipinski definition) is 2. The van der Waals surface area contributed by atoms with Crippen LogP contribution in [0.2, 0.25) is 0 Å². The molecule has 0 saturated heterocycles. The molecule has 0 aliphatic carbocycles. The fourth-order valence-electron chi connectivity index (χ4n) is 1.26. The van der Waals surface area contributed by atoms with E-state index in [9.17, 15) is 9.90 Å². The summed E-state index contributed by atoms with van der Waals surface area (Å²) in [4.78, 5) is 11.6. The highest BCUT2D eigenvalue weighted by molar-refractivity contribution is 5.94. The normalized spacial score (nSPS) is 11.8. The monoisotopic (exact) mass is 205 g/mol. The molecule has 0 aromatic heterocycles. The third-order valence-electron chi connectivity index (χ3n) is 2.01. The number of carbonyl (C=O) groups is 1. The van der Waals surface area contributed by atoms with Crippen LogP contribution in [0.1, 0.15) is 23.7 Å². The van der Waals surface area contributed by atoms with Gasteiger partial charge in [0.15, 0.2) is 0 Å². The highest BCUT2D eigenvalue weighted by Crippen LogP contribution is 2.10. The standard InChI is InChI=1S/C12H15NO2/c1-3-5-9(2)13-12(15)10-6-4-7-11(14)8-10/h3-4,6-9,14H,1,5H2,2H3,(H,13,15). The summed E-state index contributed by atoms with van der Waals surface area (Å²) < 4.78 is 0. The van der Waals surface area contributed by atoms with Crippen molar-refractivity contribution in [2.75, 3.05) is 0 Å². The lowest BCUT2D eigenvalue weighted by molar-refractivity contribution is 0.0940. The molecule has 1 amide bonds. The second kappa shape index (κ2) is 5.20. The van der Waals surface area contributed by atoms with Crippen LogP contribution in [-0.4, -0.2) is 17.1 Å². The number of phenolic OH excluding ortho intramolecular Hbond substituents is 1. The maximum atomic E-state index is 11.6. The average molecular weight is 205 g/mol. The largest absolute Gasteiger partial charge is 0.508 e. The van der Waals surface area contributed by atoms with Crippen molar-refractivity contribution in [3.8, 4) is 5.75 Å². The molecule has 0 aliphatic rings. The number of hydrogen-bond donors (Lipinski definition) is 2. The molecule has 0 spiro atoms. The summed E-state index contributed by atoms with van der Waals surface area (Å²) in [6, 6.07) is 6.33. The van der Waals surface area contributed by atoms with Crippen LogP contribution < -0.4 is 5.32 Å². The van der Waals surface area contributed by atoms with Gasteiger partial charge in [-0.3, -0.25) is 4.79 Å². The van der Waals surface area contributed by atoms with Crippen molar-refractivity contribution in [1.29, 1.82) is 0 Å². The lowest BCUT2D eigenvalue weighted by Gasteiger charge is -2.11. The minimum atomic E-state index is -0.180. The molecule has 0 saturated carbocycles. The fourth-order valence-corrected chi connectivity index (χ4v) is 1.26. The molecular formula is C12H15NO2. The Balaban J connectivity index is 2.65. The van der Waals surface area contributed by atoms with Gasteiger partial charge in [-0.1, -0.05) is 12.1 Å². The van der Waals surface area contributed by atoms with E-state index >= 15 is 0 Å². The van der Waals surface area contributed by atoms with Gasteiger partial charge in [0.2, 0.25) is 0 Å². The van der Waals surface area contributed by atoms with Gasteiger partial charge in [0, 0.05) is 11.6 Å². The highest BCUT2D eigenvalue weighted by atomic mass is 16.3. The lowest BCUT2D eigenvalue weighted by Crippen LogP contribution is -2.31. The Hall–Kier alpha value is -1.77. The first-order chi connectivity index (χ1) is 7.13. The Kier molecular flexibility index (Phi) is 3.92. The zero-order valence-corrected chi connectivity index (χ0v) is 8.73. The molecule has 1 atom stereocenters. The summed E-state index contributed by atoms with van der Waals surface area (Å²) in [6.07, 6.45) is 2.48. The molecule has 3 nitrogen and oxygen atoms in total. The van der Waals surface area contributed by atoms with Crippen LogP contribution in [0, 0.1) is 0 Å². The number of carbonyl (C=O) groups excluding carboxylic acids is 1. The molecule has 15 heavy (non-hydrogen) atoms. The lowest BCUT2D eigenvalue weighted by atomic mass is 10.1. The van der Waals surface area contributed by atoms with Crippen LogP contribution in [0.15, 0.2) is 36.9 Å². The maximum Gasteiger partial charge on any atom is 0.251 e. The number of phenols is 1. The van der Waals surface area contributed by atoms with Gasteiger partial charge in [-0.2, -0.15) is 0 Å². The predicted octanol–water partition coefficient (Wildman–Crippen LogP) is 2.09. The first kappa shape index (κ1) is 11.3. The van der Waals surface area contributed by atoms with Crippen molar-refractivity contribution in [2.24, 2.45) is 0 Å². The Bertz CT molecular complexity index is 360. The fraction of sp³-hybridized carbons (Fsp3) is 0.250. The SMILES string of the molecule is C=CCC(C)NC(=O)c1cccc(O)c1. The molecule has 1 unspecified atom stereocenters. The van der Waals surface area contributed by atoms with Gasteiger partial charge in [0.25, 0.3) is 5.91 Å². The zero-order chi connectivity index (χ0) is 11.3. The van der Waals surface area contributed by atoms with Crippen LogP contribution in [-0.2, 0) is 0 Å². The van der Waals surface area contributed by atoms with Crippen molar-refractivity contribution < 1.29 is 9.90 Å². The molecule has 0 bridgehead atoms. The molecule has 0 fully saturated rings. The summed E-state index contributed by atoms with van der Waals surface area (Å²) in [5.41, 5.74) is 0.464. The van der Waals surface area contributed by atoms with Crippen LogP contribution >= 0.6 is 0 Å².